The van der Waals surface area contributed by atoms with Crippen molar-refractivity contribution >= 4 is 17.3 Å². The summed E-state index contributed by atoms with van der Waals surface area (Å²) in [6.45, 7) is 0.666. The van der Waals surface area contributed by atoms with Crippen LogP contribution in [0.1, 0.15) is 56.6 Å². The lowest BCUT2D eigenvalue weighted by Gasteiger charge is -2.27. The largest absolute Gasteiger partial charge is 0.493 e. The van der Waals surface area contributed by atoms with Crippen molar-refractivity contribution in [2.45, 2.75) is 57.0 Å². The summed E-state index contributed by atoms with van der Waals surface area (Å²) >= 11 is 5.46. The second kappa shape index (κ2) is 7.27. The Morgan fingerprint density at radius 2 is 1.91 bits per heavy atom. The fraction of sp³-hybridized carbons (Fsp3) is 0.588. The predicted octanol–water partition coefficient (Wildman–Crippen LogP) is 3.84. The van der Waals surface area contributed by atoms with Gasteiger partial charge in [-0.1, -0.05) is 19.3 Å². The van der Waals surface area contributed by atoms with Gasteiger partial charge in [0.25, 0.3) is 0 Å². The smallest absolute Gasteiger partial charge is 0.166 e. The van der Waals surface area contributed by atoms with E-state index in [2.05, 4.69) is 10.6 Å². The van der Waals surface area contributed by atoms with Crippen LogP contribution in [-0.4, -0.2) is 17.8 Å². The highest BCUT2D eigenvalue weighted by Crippen LogP contribution is 2.32. The zero-order valence-electron chi connectivity index (χ0n) is 12.7. The van der Waals surface area contributed by atoms with Gasteiger partial charge >= 0.3 is 0 Å². The van der Waals surface area contributed by atoms with Crippen LogP contribution in [0.5, 0.6) is 5.75 Å². The maximum atomic E-state index is 13.6. The molecule has 2 N–H and O–H groups in total. The van der Waals surface area contributed by atoms with Gasteiger partial charge in [0.05, 0.1) is 12.6 Å². The van der Waals surface area contributed by atoms with Gasteiger partial charge in [-0.15, -0.1) is 0 Å². The summed E-state index contributed by atoms with van der Waals surface area (Å²) in [6, 6.07) is 5.20. The van der Waals surface area contributed by atoms with Crippen LogP contribution in [0.3, 0.4) is 0 Å². The molecule has 1 fully saturated rings. The molecule has 1 aromatic rings. The molecule has 0 amide bonds. The van der Waals surface area contributed by atoms with E-state index in [-0.39, 0.29) is 11.9 Å². The second-order valence-corrected chi connectivity index (χ2v) is 6.59. The minimum Gasteiger partial charge on any atom is -0.493 e. The van der Waals surface area contributed by atoms with Crippen molar-refractivity contribution in [2.24, 2.45) is 0 Å². The Bertz CT molecular complexity index is 531. The molecule has 0 radical (unpaired) electrons. The first-order valence-corrected chi connectivity index (χ1v) is 8.62. The molecule has 1 aromatic carbocycles. The molecular formula is C17H23FN2OS. The molecule has 0 spiro atoms. The van der Waals surface area contributed by atoms with Gasteiger partial charge in [-0.05, 0) is 56.1 Å². The third kappa shape index (κ3) is 3.88. The van der Waals surface area contributed by atoms with Gasteiger partial charge in [0.15, 0.2) is 5.11 Å². The van der Waals surface area contributed by atoms with Crippen molar-refractivity contribution in [3.8, 4) is 5.75 Å². The molecule has 1 saturated carbocycles. The quantitative estimate of drug-likeness (QED) is 0.811. The van der Waals surface area contributed by atoms with Crippen molar-refractivity contribution in [3.05, 3.63) is 29.6 Å². The van der Waals surface area contributed by atoms with Crippen LogP contribution in [-0.2, 0) is 0 Å². The highest BCUT2D eigenvalue weighted by atomic mass is 32.1. The number of rotatable bonds is 2. The highest BCUT2D eigenvalue weighted by molar-refractivity contribution is 7.80. The summed E-state index contributed by atoms with van der Waals surface area (Å²) in [5.41, 5.74) is 0.866. The number of fused-ring (bicyclic) bond motifs is 1. The van der Waals surface area contributed by atoms with E-state index in [4.69, 9.17) is 17.0 Å². The molecule has 22 heavy (non-hydrogen) atoms. The third-order valence-electron chi connectivity index (χ3n) is 4.49. The normalized spacial score (nSPS) is 22.1. The monoisotopic (exact) mass is 322 g/mol. The maximum Gasteiger partial charge on any atom is 0.166 e. The molecule has 3 rings (SSSR count). The summed E-state index contributed by atoms with van der Waals surface area (Å²) in [7, 11) is 0. The molecule has 1 unspecified atom stereocenters. The molecule has 1 atom stereocenters. The molecule has 0 saturated heterocycles. The highest BCUT2D eigenvalue weighted by Gasteiger charge is 2.22. The Balaban J connectivity index is 1.66. The molecular weight excluding hydrogens is 299 g/mol. The van der Waals surface area contributed by atoms with Crippen LogP contribution < -0.4 is 15.4 Å². The average molecular weight is 322 g/mol. The Labute approximate surface area is 136 Å². The SMILES string of the molecule is Fc1ccc2c(c1)C(NC(=S)NC1CCCCC1)CCCO2. The summed E-state index contributed by atoms with van der Waals surface area (Å²) in [5, 5.41) is 7.46. The van der Waals surface area contributed by atoms with Crippen LogP contribution >= 0.6 is 12.2 Å². The lowest BCUT2D eigenvalue weighted by Crippen LogP contribution is -2.44. The Morgan fingerprint density at radius 1 is 1.09 bits per heavy atom. The zero-order valence-corrected chi connectivity index (χ0v) is 13.6. The van der Waals surface area contributed by atoms with Crippen LogP contribution in [0.2, 0.25) is 0 Å². The number of ether oxygens (including phenoxy) is 1. The average Bonchev–Trinajstić information content (AvgIpc) is 2.71. The molecule has 0 bridgehead atoms. The van der Waals surface area contributed by atoms with Gasteiger partial charge in [0.1, 0.15) is 11.6 Å². The Morgan fingerprint density at radius 3 is 2.73 bits per heavy atom. The maximum absolute atomic E-state index is 13.6. The van der Waals surface area contributed by atoms with Crippen molar-refractivity contribution in [3.63, 3.8) is 0 Å². The molecule has 1 heterocycles. The Kier molecular flexibility index (Phi) is 5.13. The van der Waals surface area contributed by atoms with Gasteiger partial charge in [0, 0.05) is 11.6 Å². The van der Waals surface area contributed by atoms with E-state index in [0.29, 0.717) is 17.8 Å². The first kappa shape index (κ1) is 15.5. The van der Waals surface area contributed by atoms with Crippen LogP contribution in [0.15, 0.2) is 18.2 Å². The lowest BCUT2D eigenvalue weighted by molar-refractivity contribution is 0.315. The summed E-state index contributed by atoms with van der Waals surface area (Å²) in [4.78, 5) is 0. The molecule has 3 nitrogen and oxygen atoms in total. The van der Waals surface area contributed by atoms with Crippen LogP contribution in [0, 0.1) is 5.82 Å². The van der Waals surface area contributed by atoms with Crippen molar-refractivity contribution in [1.82, 2.24) is 10.6 Å². The Hall–Kier alpha value is -1.36. The zero-order chi connectivity index (χ0) is 15.4. The van der Waals surface area contributed by atoms with Crippen LogP contribution in [0.25, 0.3) is 0 Å². The first-order valence-electron chi connectivity index (χ1n) is 8.21. The van der Waals surface area contributed by atoms with Gasteiger partial charge in [-0.2, -0.15) is 0 Å². The number of halogens is 1. The molecule has 1 aliphatic carbocycles. The lowest BCUT2D eigenvalue weighted by atomic mass is 9.96. The van der Waals surface area contributed by atoms with Gasteiger partial charge in [-0.3, -0.25) is 0 Å². The van der Waals surface area contributed by atoms with Gasteiger partial charge in [0.2, 0.25) is 0 Å². The summed E-state index contributed by atoms with van der Waals surface area (Å²) < 4.78 is 19.3. The molecule has 120 valence electrons. The summed E-state index contributed by atoms with van der Waals surface area (Å²) in [6.07, 6.45) is 8.05. The fourth-order valence-corrected chi connectivity index (χ4v) is 3.64. The minimum absolute atomic E-state index is 0.0109. The van der Waals surface area contributed by atoms with Gasteiger partial charge in [-0.25, -0.2) is 4.39 Å². The first-order chi connectivity index (χ1) is 10.7. The topological polar surface area (TPSA) is 33.3 Å². The van der Waals surface area contributed by atoms with E-state index in [1.165, 1.54) is 38.2 Å². The van der Waals surface area contributed by atoms with E-state index < -0.39 is 0 Å². The molecule has 2 aliphatic rings. The van der Waals surface area contributed by atoms with E-state index in [1.54, 1.807) is 12.1 Å². The predicted molar refractivity (Wildman–Crippen MR) is 89.6 cm³/mol. The molecule has 5 heteroatoms. The minimum atomic E-state index is -0.234. The number of thiocarbonyl (C=S) groups is 1. The van der Waals surface area contributed by atoms with Crippen molar-refractivity contribution in [2.75, 3.05) is 6.61 Å². The number of hydrogen-bond acceptors (Lipinski definition) is 2. The van der Waals surface area contributed by atoms with E-state index in [1.807, 2.05) is 0 Å². The molecule has 0 aromatic heterocycles. The van der Waals surface area contributed by atoms with E-state index >= 15 is 0 Å². The summed E-state index contributed by atoms with van der Waals surface area (Å²) in [5.74, 6) is 0.527. The van der Waals surface area contributed by atoms with Crippen molar-refractivity contribution < 1.29 is 9.13 Å². The molecule has 1 aliphatic heterocycles. The number of hydrogen-bond donors (Lipinski definition) is 2. The number of benzene rings is 1. The van der Waals surface area contributed by atoms with Gasteiger partial charge < -0.3 is 15.4 Å². The van der Waals surface area contributed by atoms with E-state index in [0.717, 1.165) is 24.2 Å². The third-order valence-corrected chi connectivity index (χ3v) is 4.72. The fourth-order valence-electron chi connectivity index (χ4n) is 3.33. The van der Waals surface area contributed by atoms with Crippen LogP contribution in [0.4, 0.5) is 4.39 Å². The van der Waals surface area contributed by atoms with E-state index in [9.17, 15) is 4.39 Å². The number of nitrogens with one attached hydrogen (secondary N) is 2. The van der Waals surface area contributed by atoms with Crippen molar-refractivity contribution in [1.29, 1.82) is 0 Å². The second-order valence-electron chi connectivity index (χ2n) is 6.18. The standard InChI is InChI=1S/C17H23FN2OS/c18-12-8-9-16-14(11-12)15(7-4-10-21-16)20-17(22)19-13-5-2-1-3-6-13/h8-9,11,13,15H,1-7,10H2,(H2,19,20,22).